The van der Waals surface area contributed by atoms with Gasteiger partial charge >= 0.3 is 0 Å². The van der Waals surface area contributed by atoms with Gasteiger partial charge in [0, 0.05) is 52.5 Å². The summed E-state index contributed by atoms with van der Waals surface area (Å²) in [6, 6.07) is 35.6. The predicted octanol–water partition coefficient (Wildman–Crippen LogP) is 9.92. The highest BCUT2D eigenvalue weighted by atomic mass is 32.2. The number of nitrogens with zero attached hydrogens (tertiary/aromatic N) is 10. The molecule has 0 saturated heterocycles. The number of para-hydroxylation sites is 4. The monoisotopic (exact) mass is 1310 g/mol. The van der Waals surface area contributed by atoms with Gasteiger partial charge in [0.1, 0.15) is 80.0 Å². The lowest BCUT2D eigenvalue weighted by Gasteiger charge is -2.31. The van der Waals surface area contributed by atoms with Crippen LogP contribution in [0.3, 0.4) is 0 Å². The van der Waals surface area contributed by atoms with Crippen molar-refractivity contribution in [2.75, 3.05) is 78.6 Å². The predicted molar refractivity (Wildman–Crippen MR) is 352 cm³/mol. The number of pyridine rings is 2. The topological polar surface area (TPSA) is 276 Å². The second kappa shape index (κ2) is 29.6. The number of rotatable bonds is 28. The number of methoxy groups -OCH3 is 8. The molecule has 484 valence electrons. The molecule has 0 amide bonds. The number of ether oxygens (including phenoxy) is 8. The summed E-state index contributed by atoms with van der Waals surface area (Å²) in [6.45, 7) is 16.1. The van der Waals surface area contributed by atoms with Gasteiger partial charge in [-0.3, -0.25) is 9.13 Å². The molecular weight excluding hydrogens is 1230 g/mol. The van der Waals surface area contributed by atoms with Crippen LogP contribution in [0.1, 0.15) is 37.2 Å². The van der Waals surface area contributed by atoms with Crippen LogP contribution in [0.25, 0.3) is 34.4 Å². The van der Waals surface area contributed by atoms with Gasteiger partial charge in [-0.2, -0.15) is 0 Å². The van der Waals surface area contributed by atoms with Gasteiger partial charge < -0.3 is 48.1 Å². The summed E-state index contributed by atoms with van der Waals surface area (Å²) < 4.78 is 109. The zero-order valence-electron chi connectivity index (χ0n) is 53.8. The van der Waals surface area contributed by atoms with Gasteiger partial charge in [-0.15, -0.1) is 20.4 Å². The number of benzene rings is 4. The normalized spacial score (nSPS) is 13.2. The zero-order valence-corrected chi connectivity index (χ0v) is 57.4. The van der Waals surface area contributed by atoms with Crippen LogP contribution in [-0.2, 0) is 20.0 Å². The van der Waals surface area contributed by atoms with E-state index in [0.29, 0.717) is 92.2 Å². The molecule has 0 aliphatic carbocycles. The van der Waals surface area contributed by atoms with Crippen molar-refractivity contribution in [3.8, 4) is 80.7 Å². The van der Waals surface area contributed by atoms with E-state index in [-0.39, 0.29) is 36.6 Å². The zero-order chi connectivity index (χ0) is 65.9. The molecule has 28 heteroatoms. The summed E-state index contributed by atoms with van der Waals surface area (Å²) in [4.78, 5) is 9.12. The first-order valence-corrected chi connectivity index (χ1v) is 39.2. The Bertz CT molecular complexity index is 3660. The summed E-state index contributed by atoms with van der Waals surface area (Å²) in [5.41, 5.74) is 2.24. The van der Waals surface area contributed by atoms with E-state index in [4.69, 9.17) is 37.9 Å². The summed E-state index contributed by atoms with van der Waals surface area (Å²) in [5, 5.41) is 38.2. The minimum atomic E-state index is -4.30. The largest absolute Gasteiger partial charge is 0.496 e. The fraction of sp³-hybridized carbons (Fsp3) is 0.387. The molecule has 4 aromatic heterocycles. The van der Waals surface area contributed by atoms with E-state index in [1.54, 1.807) is 130 Å². The highest BCUT2D eigenvalue weighted by molar-refractivity contribution is 7.93. The molecule has 90 heavy (non-hydrogen) atoms. The third-order valence-electron chi connectivity index (χ3n) is 14.8. The molecule has 8 aromatic rings. The number of aliphatic hydroxyl groups excluding tert-OH is 2. The fourth-order valence-corrected chi connectivity index (χ4v) is 14.9. The number of aromatic nitrogens is 8. The van der Waals surface area contributed by atoms with Crippen LogP contribution in [0.5, 0.6) is 46.3 Å². The number of hydrogen-bond donors (Lipinski definition) is 2. The molecule has 0 bridgehead atoms. The Morgan fingerprint density at radius 2 is 0.722 bits per heavy atom. The van der Waals surface area contributed by atoms with Crippen LogP contribution in [0, 0.1) is 0 Å². The van der Waals surface area contributed by atoms with Crippen molar-refractivity contribution < 1.29 is 64.9 Å². The van der Waals surface area contributed by atoms with Crippen molar-refractivity contribution >= 4 is 48.1 Å². The smallest absolute Gasteiger partial charge is 0.246 e. The van der Waals surface area contributed by atoms with Gasteiger partial charge in [0.15, 0.2) is 11.6 Å². The van der Waals surface area contributed by atoms with Crippen LogP contribution in [0.15, 0.2) is 121 Å². The average Bonchev–Trinajstić information content (AvgIpc) is 1.52. The lowest BCUT2D eigenvalue weighted by molar-refractivity contribution is 0.171. The molecule has 8 rings (SSSR count). The first-order chi connectivity index (χ1) is 42.7. The molecule has 0 unspecified atom stereocenters. The SMILES string of the molecule is COc1cccc(-c2nnc(N(CC[Si](C)(C)C)S(=O)(=O)[C@@H](C)[C@@H](O)c3ccccc3OC)n2-c2c(OC)cccc2OC)n1.COc1cccc(-c2nnc(N(CC[Si](C)(C)C)S(=O)(=O)[C@@H](C)[C@H](O)c3ccccc3OC)n2-c2c(OC)cccc2OC)n1. The van der Waals surface area contributed by atoms with Crippen LogP contribution < -0.4 is 46.5 Å². The maximum Gasteiger partial charge on any atom is 0.246 e. The molecule has 4 atom stereocenters. The Kier molecular flexibility index (Phi) is 22.7. The number of aliphatic hydroxyl groups is 2. The lowest BCUT2D eigenvalue weighted by atomic mass is 10.1. The van der Waals surface area contributed by atoms with Crippen LogP contribution in [0.4, 0.5) is 11.9 Å². The molecular formula is C62H82N10O14S2Si2. The molecule has 4 heterocycles. The van der Waals surface area contributed by atoms with Crippen molar-refractivity contribution in [3.05, 3.63) is 132 Å². The number of hydrogen-bond acceptors (Lipinski definition) is 20. The first kappa shape index (κ1) is 69.2. The van der Waals surface area contributed by atoms with E-state index >= 15 is 0 Å². The summed E-state index contributed by atoms with van der Waals surface area (Å²) in [5.74, 6) is 3.48. The van der Waals surface area contributed by atoms with Crippen molar-refractivity contribution in [2.24, 2.45) is 0 Å². The Morgan fingerprint density at radius 3 is 1.02 bits per heavy atom. The number of anilines is 2. The first-order valence-electron chi connectivity index (χ1n) is 28.8. The second-order valence-corrected chi connectivity index (χ2v) is 38.8. The third-order valence-corrected chi connectivity index (χ3v) is 22.6. The molecule has 0 radical (unpaired) electrons. The van der Waals surface area contributed by atoms with Gasteiger partial charge in [-0.05, 0) is 74.5 Å². The second-order valence-electron chi connectivity index (χ2n) is 23.1. The highest BCUT2D eigenvalue weighted by Crippen LogP contribution is 2.43. The highest BCUT2D eigenvalue weighted by Gasteiger charge is 2.42. The summed E-state index contributed by atoms with van der Waals surface area (Å²) in [7, 11) is -0.195. The maximum absolute atomic E-state index is 14.7. The van der Waals surface area contributed by atoms with Gasteiger partial charge in [-0.25, -0.2) is 35.4 Å². The quantitative estimate of drug-likeness (QED) is 0.0431. The molecule has 0 saturated carbocycles. The summed E-state index contributed by atoms with van der Waals surface area (Å²) in [6.07, 6.45) is -2.81. The van der Waals surface area contributed by atoms with E-state index in [9.17, 15) is 27.0 Å². The molecule has 0 aliphatic rings. The molecule has 4 aromatic carbocycles. The van der Waals surface area contributed by atoms with Gasteiger partial charge in [-0.1, -0.05) is 99.9 Å². The van der Waals surface area contributed by atoms with Gasteiger partial charge in [0.2, 0.25) is 43.7 Å². The third kappa shape index (κ3) is 15.3. The Morgan fingerprint density at radius 1 is 0.422 bits per heavy atom. The molecule has 0 aliphatic heterocycles. The Balaban J connectivity index is 0.000000256. The van der Waals surface area contributed by atoms with Crippen molar-refractivity contribution in [1.29, 1.82) is 0 Å². The van der Waals surface area contributed by atoms with Crippen molar-refractivity contribution in [3.63, 3.8) is 0 Å². The summed E-state index contributed by atoms with van der Waals surface area (Å²) >= 11 is 0. The van der Waals surface area contributed by atoms with E-state index in [1.165, 1.54) is 79.3 Å². The standard InChI is InChI=1S/2C31H41N5O7SSi/c2*1-21(29(37)22-13-9-10-15-24(22)40-2)44(38,39)35(19-20-45(6,7)8)31-34-33-30(23-14-11-18-27(32-23)43-5)36(31)28-25(41-3)16-12-17-26(28)42-4/h2*9-18,21,29,37H,19-20H2,1-8H3/t21-,29+;21-,29-/m00/s1. The van der Waals surface area contributed by atoms with Gasteiger partial charge in [0.25, 0.3) is 0 Å². The van der Waals surface area contributed by atoms with Crippen molar-refractivity contribution in [2.45, 2.75) is 87.9 Å². The van der Waals surface area contributed by atoms with Crippen LogP contribution in [-0.4, -0.2) is 163 Å². The maximum atomic E-state index is 14.7. The molecule has 0 fully saturated rings. The number of sulfonamides is 2. The van der Waals surface area contributed by atoms with E-state index in [2.05, 4.69) is 69.6 Å². The van der Waals surface area contributed by atoms with Gasteiger partial charge in [0.05, 0.1) is 56.9 Å². The fourth-order valence-electron chi connectivity index (χ4n) is 9.64. The molecule has 24 nitrogen and oxygen atoms in total. The van der Waals surface area contributed by atoms with Crippen LogP contribution >= 0.6 is 0 Å². The minimum Gasteiger partial charge on any atom is -0.496 e. The minimum absolute atomic E-state index is 0.00486. The van der Waals surface area contributed by atoms with E-state index in [0.717, 1.165) is 0 Å². The van der Waals surface area contributed by atoms with Crippen LogP contribution in [0.2, 0.25) is 51.4 Å². The van der Waals surface area contributed by atoms with E-state index in [1.807, 2.05) is 0 Å². The Labute approximate surface area is 529 Å². The molecule has 2 N–H and O–H groups in total. The molecule has 0 spiro atoms. The Hall–Kier alpha value is -8.29. The van der Waals surface area contributed by atoms with Crippen molar-refractivity contribution in [1.82, 2.24) is 39.5 Å². The van der Waals surface area contributed by atoms with E-state index < -0.39 is 58.9 Å². The lowest BCUT2D eigenvalue weighted by Crippen LogP contribution is -2.44. The average molecular weight is 1310 g/mol.